The lowest BCUT2D eigenvalue weighted by molar-refractivity contribution is -0.122. The highest BCUT2D eigenvalue weighted by molar-refractivity contribution is 6.01. The number of nitrogens with one attached hydrogen (secondary N) is 2. The van der Waals surface area contributed by atoms with E-state index in [1.165, 1.54) is 0 Å². The van der Waals surface area contributed by atoms with Gasteiger partial charge in [0, 0.05) is 31.2 Å². The fourth-order valence-corrected chi connectivity index (χ4v) is 3.75. The molecule has 1 aliphatic heterocycles. The molecule has 1 aromatic heterocycles. The molecule has 2 amide bonds. The first kappa shape index (κ1) is 19.5. The molecule has 2 fully saturated rings. The zero-order valence-corrected chi connectivity index (χ0v) is 16.4. The van der Waals surface area contributed by atoms with E-state index in [4.69, 9.17) is 4.74 Å². The van der Waals surface area contributed by atoms with E-state index >= 15 is 0 Å². The normalized spacial score (nSPS) is 17.7. The Morgan fingerprint density at radius 3 is 2.41 bits per heavy atom. The van der Waals surface area contributed by atoms with Gasteiger partial charge in [-0.15, -0.1) is 0 Å². The molecule has 2 N–H and O–H groups in total. The molecule has 2 aliphatic rings. The number of nitrogens with zero attached hydrogens (tertiary/aromatic N) is 1. The minimum Gasteiger partial charge on any atom is -0.461 e. The highest BCUT2D eigenvalue weighted by Gasteiger charge is 2.30. The fraction of sp³-hybridized carbons (Fsp3) is 0.650. The van der Waals surface area contributed by atoms with Crippen molar-refractivity contribution >= 4 is 17.8 Å². The molecule has 0 spiro atoms. The largest absolute Gasteiger partial charge is 0.461 e. The number of H-pyrrole nitrogens is 1. The van der Waals surface area contributed by atoms with Crippen molar-refractivity contribution in [2.45, 2.75) is 58.9 Å². The van der Waals surface area contributed by atoms with Crippen molar-refractivity contribution in [3.8, 4) is 0 Å². The lowest BCUT2D eigenvalue weighted by atomic mass is 9.92. The summed E-state index contributed by atoms with van der Waals surface area (Å²) < 4.78 is 5.05. The number of piperidine rings is 1. The van der Waals surface area contributed by atoms with Crippen LogP contribution in [0.2, 0.25) is 0 Å². The van der Waals surface area contributed by atoms with Crippen LogP contribution < -0.4 is 5.32 Å². The predicted molar refractivity (Wildman–Crippen MR) is 101 cm³/mol. The smallest absolute Gasteiger partial charge is 0.355 e. The molecule has 0 atom stereocenters. The molecule has 1 aromatic rings. The topological polar surface area (TPSA) is 91.5 Å². The van der Waals surface area contributed by atoms with Gasteiger partial charge in [-0.2, -0.15) is 0 Å². The van der Waals surface area contributed by atoms with Crippen LogP contribution in [-0.4, -0.2) is 53.4 Å². The van der Waals surface area contributed by atoms with Gasteiger partial charge in [-0.1, -0.05) is 0 Å². The zero-order valence-electron chi connectivity index (χ0n) is 16.4. The Morgan fingerprint density at radius 1 is 1.15 bits per heavy atom. The lowest BCUT2D eigenvalue weighted by Crippen LogP contribution is -2.40. The number of carbonyl (C=O) groups excluding carboxylic acids is 3. The van der Waals surface area contributed by atoms with Crippen LogP contribution in [0.4, 0.5) is 0 Å². The summed E-state index contributed by atoms with van der Waals surface area (Å²) in [5.41, 5.74) is 2.24. The van der Waals surface area contributed by atoms with Gasteiger partial charge in [-0.05, 0) is 57.9 Å². The number of ether oxygens (including phenoxy) is 1. The van der Waals surface area contributed by atoms with Crippen LogP contribution in [-0.2, 0) is 9.53 Å². The Kier molecular flexibility index (Phi) is 5.87. The van der Waals surface area contributed by atoms with Gasteiger partial charge in [0.1, 0.15) is 5.69 Å². The summed E-state index contributed by atoms with van der Waals surface area (Å²) in [5, 5.41) is 3.03. The van der Waals surface area contributed by atoms with Crippen molar-refractivity contribution in [3.63, 3.8) is 0 Å². The van der Waals surface area contributed by atoms with Gasteiger partial charge < -0.3 is 19.9 Å². The summed E-state index contributed by atoms with van der Waals surface area (Å²) in [4.78, 5) is 41.8. The number of aromatic amines is 1. The molecule has 0 bridgehead atoms. The van der Waals surface area contributed by atoms with Crippen LogP contribution in [0.5, 0.6) is 0 Å². The van der Waals surface area contributed by atoms with E-state index in [-0.39, 0.29) is 11.8 Å². The summed E-state index contributed by atoms with van der Waals surface area (Å²) in [5.74, 6) is -0.0230. The predicted octanol–water partition coefficient (Wildman–Crippen LogP) is 2.33. The summed E-state index contributed by atoms with van der Waals surface area (Å²) in [6, 6.07) is 0.396. The number of aromatic nitrogens is 1. The average molecular weight is 375 g/mol. The SMILES string of the molecule is CCOC(=O)c1[nH]c(C)c(C(=O)N2CCC(CC(=O)NC3CC3)CC2)c1C. The maximum absolute atomic E-state index is 13.0. The molecule has 0 radical (unpaired) electrons. The fourth-order valence-electron chi connectivity index (χ4n) is 3.75. The van der Waals surface area contributed by atoms with Crippen LogP contribution >= 0.6 is 0 Å². The van der Waals surface area contributed by atoms with E-state index in [2.05, 4.69) is 10.3 Å². The van der Waals surface area contributed by atoms with Crippen LogP contribution in [0.3, 0.4) is 0 Å². The minimum atomic E-state index is -0.433. The molecule has 7 heteroatoms. The third-order valence-corrected chi connectivity index (χ3v) is 5.45. The first-order valence-electron chi connectivity index (χ1n) is 9.85. The second-order valence-corrected chi connectivity index (χ2v) is 7.63. The first-order chi connectivity index (χ1) is 12.9. The first-order valence-corrected chi connectivity index (χ1v) is 9.85. The van der Waals surface area contributed by atoms with E-state index in [0.29, 0.717) is 60.6 Å². The highest BCUT2D eigenvalue weighted by atomic mass is 16.5. The van der Waals surface area contributed by atoms with Crippen molar-refractivity contribution in [2.75, 3.05) is 19.7 Å². The molecule has 7 nitrogen and oxygen atoms in total. The van der Waals surface area contributed by atoms with E-state index in [1.54, 1.807) is 20.8 Å². The van der Waals surface area contributed by atoms with Gasteiger partial charge in [0.2, 0.25) is 5.91 Å². The van der Waals surface area contributed by atoms with Gasteiger partial charge in [0.15, 0.2) is 0 Å². The van der Waals surface area contributed by atoms with Gasteiger partial charge in [0.05, 0.1) is 12.2 Å². The summed E-state index contributed by atoms with van der Waals surface area (Å²) in [6.07, 6.45) is 4.41. The Morgan fingerprint density at radius 2 is 1.81 bits per heavy atom. The molecule has 0 unspecified atom stereocenters. The number of esters is 1. The molecule has 148 valence electrons. The van der Waals surface area contributed by atoms with Crippen LogP contribution in [0.25, 0.3) is 0 Å². The second-order valence-electron chi connectivity index (χ2n) is 7.63. The maximum atomic E-state index is 13.0. The van der Waals surface area contributed by atoms with Gasteiger partial charge in [0.25, 0.3) is 5.91 Å². The molecule has 2 heterocycles. The number of rotatable bonds is 6. The standard InChI is InChI=1S/C20H29N3O4/c1-4-27-20(26)18-12(2)17(13(3)21-18)19(25)23-9-7-14(8-10-23)11-16(24)22-15-5-6-15/h14-15,21H,4-11H2,1-3H3,(H,22,24). The summed E-state index contributed by atoms with van der Waals surface area (Å²) in [7, 11) is 0. The van der Waals surface area contributed by atoms with E-state index in [9.17, 15) is 14.4 Å². The Labute approximate surface area is 159 Å². The summed E-state index contributed by atoms with van der Waals surface area (Å²) in [6.45, 7) is 6.90. The van der Waals surface area contributed by atoms with Gasteiger partial charge >= 0.3 is 5.97 Å². The van der Waals surface area contributed by atoms with E-state index in [0.717, 1.165) is 25.7 Å². The van der Waals surface area contributed by atoms with Crippen molar-refractivity contribution in [1.29, 1.82) is 0 Å². The third kappa shape index (κ3) is 4.51. The zero-order chi connectivity index (χ0) is 19.6. The average Bonchev–Trinajstić information content (AvgIpc) is 3.38. The number of hydrogen-bond donors (Lipinski definition) is 2. The lowest BCUT2D eigenvalue weighted by Gasteiger charge is -2.32. The highest BCUT2D eigenvalue weighted by Crippen LogP contribution is 2.26. The van der Waals surface area contributed by atoms with Crippen molar-refractivity contribution < 1.29 is 19.1 Å². The molecule has 1 aliphatic carbocycles. The molecule has 3 rings (SSSR count). The van der Waals surface area contributed by atoms with Crippen LogP contribution in [0, 0.1) is 19.8 Å². The number of carbonyl (C=O) groups is 3. The van der Waals surface area contributed by atoms with Crippen molar-refractivity contribution in [1.82, 2.24) is 15.2 Å². The second kappa shape index (κ2) is 8.15. The van der Waals surface area contributed by atoms with E-state index in [1.807, 2.05) is 4.90 Å². The van der Waals surface area contributed by atoms with Crippen LogP contribution in [0.1, 0.15) is 71.1 Å². The maximum Gasteiger partial charge on any atom is 0.355 e. The number of hydrogen-bond acceptors (Lipinski definition) is 4. The Hall–Kier alpha value is -2.31. The molecule has 1 saturated heterocycles. The Bertz CT molecular complexity index is 728. The number of amides is 2. The minimum absolute atomic E-state index is 0.0577. The van der Waals surface area contributed by atoms with Crippen molar-refractivity contribution in [3.05, 3.63) is 22.5 Å². The Balaban J connectivity index is 1.59. The third-order valence-electron chi connectivity index (χ3n) is 5.45. The van der Waals surface area contributed by atoms with E-state index < -0.39 is 5.97 Å². The molecule has 27 heavy (non-hydrogen) atoms. The number of likely N-dealkylation sites (tertiary alicyclic amines) is 1. The monoisotopic (exact) mass is 375 g/mol. The molecular weight excluding hydrogens is 346 g/mol. The van der Waals surface area contributed by atoms with Gasteiger partial charge in [-0.3, -0.25) is 9.59 Å². The quantitative estimate of drug-likeness (QED) is 0.747. The van der Waals surface area contributed by atoms with Crippen molar-refractivity contribution in [2.24, 2.45) is 5.92 Å². The number of aryl methyl sites for hydroxylation is 1. The molecule has 1 saturated carbocycles. The summed E-state index contributed by atoms with van der Waals surface area (Å²) >= 11 is 0. The van der Waals surface area contributed by atoms with Crippen LogP contribution in [0.15, 0.2) is 0 Å². The van der Waals surface area contributed by atoms with Gasteiger partial charge in [-0.25, -0.2) is 4.79 Å². The molecular formula is C20H29N3O4. The molecule has 0 aromatic carbocycles.